The monoisotopic (exact) mass is 221 g/mol. The summed E-state index contributed by atoms with van der Waals surface area (Å²) in [5, 5.41) is 0. The first-order valence-electron chi connectivity index (χ1n) is 4.74. The summed E-state index contributed by atoms with van der Waals surface area (Å²) < 4.78 is 25.1. The number of carbonyl (C=O) groups excluding carboxylic acids is 1. The van der Waals surface area contributed by atoms with Crippen molar-refractivity contribution in [1.82, 2.24) is 0 Å². The Morgan fingerprint density at radius 1 is 1.50 bits per heavy atom. The van der Waals surface area contributed by atoms with Gasteiger partial charge in [-0.25, -0.2) is 0 Å². The molecule has 0 aromatic heterocycles. The highest BCUT2D eigenvalue weighted by molar-refractivity contribution is 7.79. The molecular formula is C9H17O4S-. The number of hydrogen-bond donors (Lipinski definition) is 0. The summed E-state index contributed by atoms with van der Waals surface area (Å²) in [6, 6.07) is 0. The van der Waals surface area contributed by atoms with Gasteiger partial charge in [-0.2, -0.15) is 0 Å². The molecule has 0 aromatic rings. The third-order valence-electron chi connectivity index (χ3n) is 1.66. The van der Waals surface area contributed by atoms with Crippen LogP contribution in [-0.2, 0) is 20.6 Å². The second-order valence-electron chi connectivity index (χ2n) is 3.51. The zero-order valence-corrected chi connectivity index (χ0v) is 9.47. The van der Waals surface area contributed by atoms with Crippen LogP contribution in [-0.4, -0.2) is 27.1 Å². The summed E-state index contributed by atoms with van der Waals surface area (Å²) >= 11 is -2.15. The van der Waals surface area contributed by atoms with Gasteiger partial charge in [0, 0.05) is 5.75 Å². The van der Waals surface area contributed by atoms with E-state index in [2.05, 4.69) is 13.8 Å². The molecule has 1 unspecified atom stereocenters. The maximum atomic E-state index is 10.9. The summed E-state index contributed by atoms with van der Waals surface area (Å²) in [6.07, 6.45) is 1.81. The van der Waals surface area contributed by atoms with E-state index in [4.69, 9.17) is 4.74 Å². The Balaban J connectivity index is 3.31. The average molecular weight is 221 g/mol. The van der Waals surface area contributed by atoms with Crippen molar-refractivity contribution >= 4 is 17.0 Å². The van der Waals surface area contributed by atoms with E-state index in [1.54, 1.807) is 0 Å². The van der Waals surface area contributed by atoms with Gasteiger partial charge in [0.1, 0.15) is 0 Å². The molecule has 0 spiro atoms. The molecule has 1 atom stereocenters. The van der Waals surface area contributed by atoms with Gasteiger partial charge in [-0.05, 0) is 18.8 Å². The SMILES string of the molecule is CC(C)CCCOC(=O)CCS(=O)[O-]. The van der Waals surface area contributed by atoms with Crippen LogP contribution < -0.4 is 0 Å². The number of hydrogen-bond acceptors (Lipinski definition) is 4. The molecule has 84 valence electrons. The first-order valence-corrected chi connectivity index (χ1v) is 5.98. The number of carbonyl (C=O) groups is 1. The molecule has 0 aliphatic carbocycles. The molecule has 0 aliphatic heterocycles. The van der Waals surface area contributed by atoms with Crippen LogP contribution in [0.5, 0.6) is 0 Å². The minimum absolute atomic E-state index is 0.0439. The molecule has 0 rings (SSSR count). The Morgan fingerprint density at radius 3 is 2.64 bits per heavy atom. The second kappa shape index (κ2) is 7.94. The van der Waals surface area contributed by atoms with Crippen LogP contribution in [0.2, 0.25) is 0 Å². The molecular weight excluding hydrogens is 204 g/mol. The summed E-state index contributed by atoms with van der Waals surface area (Å²) in [5.74, 6) is 0.0176. The highest BCUT2D eigenvalue weighted by Gasteiger charge is 2.02. The van der Waals surface area contributed by atoms with Crippen molar-refractivity contribution in [2.45, 2.75) is 33.1 Å². The molecule has 0 aromatic carbocycles. The largest absolute Gasteiger partial charge is 0.772 e. The van der Waals surface area contributed by atoms with Crippen molar-refractivity contribution in [3.8, 4) is 0 Å². The van der Waals surface area contributed by atoms with Gasteiger partial charge in [0.15, 0.2) is 0 Å². The molecule has 14 heavy (non-hydrogen) atoms. The molecule has 0 saturated heterocycles. The predicted octanol–water partition coefficient (Wildman–Crippen LogP) is 1.24. The van der Waals surface area contributed by atoms with E-state index in [0.29, 0.717) is 12.5 Å². The van der Waals surface area contributed by atoms with Crippen molar-refractivity contribution in [3.05, 3.63) is 0 Å². The average Bonchev–Trinajstić information content (AvgIpc) is 2.08. The van der Waals surface area contributed by atoms with Gasteiger partial charge >= 0.3 is 5.97 Å². The van der Waals surface area contributed by atoms with Gasteiger partial charge in [0.05, 0.1) is 13.0 Å². The Labute approximate surface area is 87.3 Å². The summed E-state index contributed by atoms with van der Waals surface area (Å²) in [7, 11) is 0. The first-order chi connectivity index (χ1) is 6.52. The van der Waals surface area contributed by atoms with Crippen LogP contribution in [0, 0.1) is 5.92 Å². The van der Waals surface area contributed by atoms with E-state index in [0.717, 1.165) is 12.8 Å². The molecule has 0 amide bonds. The van der Waals surface area contributed by atoms with E-state index >= 15 is 0 Å². The minimum atomic E-state index is -2.15. The predicted molar refractivity (Wildman–Crippen MR) is 53.4 cm³/mol. The fourth-order valence-corrected chi connectivity index (χ4v) is 1.25. The van der Waals surface area contributed by atoms with Crippen molar-refractivity contribution < 1.29 is 18.3 Å². The van der Waals surface area contributed by atoms with Gasteiger partial charge in [-0.15, -0.1) is 0 Å². The molecule has 5 heteroatoms. The van der Waals surface area contributed by atoms with E-state index < -0.39 is 17.0 Å². The Morgan fingerprint density at radius 2 is 2.14 bits per heavy atom. The van der Waals surface area contributed by atoms with Crippen molar-refractivity contribution in [2.75, 3.05) is 12.4 Å². The number of ether oxygens (including phenoxy) is 1. The lowest BCUT2D eigenvalue weighted by molar-refractivity contribution is -0.143. The van der Waals surface area contributed by atoms with Crippen LogP contribution >= 0.6 is 0 Å². The molecule has 0 fully saturated rings. The lowest BCUT2D eigenvalue weighted by atomic mass is 10.1. The third-order valence-corrected chi connectivity index (χ3v) is 2.20. The topological polar surface area (TPSA) is 66.4 Å². The Hall–Kier alpha value is -0.420. The van der Waals surface area contributed by atoms with Crippen LogP contribution in [0.4, 0.5) is 0 Å². The van der Waals surface area contributed by atoms with Gasteiger partial charge in [-0.3, -0.25) is 9.00 Å². The fourth-order valence-electron chi connectivity index (χ4n) is 0.916. The quantitative estimate of drug-likeness (QED) is 0.368. The van der Waals surface area contributed by atoms with E-state index in [1.807, 2.05) is 0 Å². The van der Waals surface area contributed by atoms with Gasteiger partial charge in [0.2, 0.25) is 0 Å². The standard InChI is InChI=1S/C9H18O4S/c1-8(2)4-3-6-13-9(10)5-7-14(11)12/h8H,3-7H2,1-2H3,(H,11,12)/p-1. The van der Waals surface area contributed by atoms with Gasteiger partial charge in [-0.1, -0.05) is 24.9 Å². The molecule has 0 heterocycles. The van der Waals surface area contributed by atoms with E-state index in [1.165, 1.54) is 0 Å². The van der Waals surface area contributed by atoms with Crippen LogP contribution in [0.3, 0.4) is 0 Å². The maximum absolute atomic E-state index is 10.9. The van der Waals surface area contributed by atoms with Crippen molar-refractivity contribution in [1.29, 1.82) is 0 Å². The number of rotatable bonds is 7. The number of esters is 1. The van der Waals surface area contributed by atoms with Crippen LogP contribution in [0.25, 0.3) is 0 Å². The molecule has 0 N–H and O–H groups in total. The van der Waals surface area contributed by atoms with Gasteiger partial charge < -0.3 is 9.29 Å². The van der Waals surface area contributed by atoms with Crippen LogP contribution in [0.1, 0.15) is 33.1 Å². The van der Waals surface area contributed by atoms with E-state index in [-0.39, 0.29) is 12.2 Å². The molecule has 0 radical (unpaired) electrons. The molecule has 0 saturated carbocycles. The molecule has 4 nitrogen and oxygen atoms in total. The normalized spacial score (nSPS) is 12.9. The molecule has 0 bridgehead atoms. The van der Waals surface area contributed by atoms with E-state index in [9.17, 15) is 13.6 Å². The maximum Gasteiger partial charge on any atom is 0.306 e. The highest BCUT2D eigenvalue weighted by Crippen LogP contribution is 2.03. The Bertz CT molecular complexity index is 191. The summed E-state index contributed by atoms with van der Waals surface area (Å²) in [4.78, 5) is 10.9. The third kappa shape index (κ3) is 9.67. The smallest absolute Gasteiger partial charge is 0.306 e. The second-order valence-corrected chi connectivity index (χ2v) is 4.53. The lowest BCUT2D eigenvalue weighted by Crippen LogP contribution is -2.10. The lowest BCUT2D eigenvalue weighted by Gasteiger charge is -2.07. The van der Waals surface area contributed by atoms with Crippen molar-refractivity contribution in [2.24, 2.45) is 5.92 Å². The Kier molecular flexibility index (Phi) is 7.70. The highest BCUT2D eigenvalue weighted by atomic mass is 32.2. The van der Waals surface area contributed by atoms with Crippen molar-refractivity contribution in [3.63, 3.8) is 0 Å². The first kappa shape index (κ1) is 13.6. The van der Waals surface area contributed by atoms with Gasteiger partial charge in [0.25, 0.3) is 0 Å². The zero-order chi connectivity index (χ0) is 11.0. The molecule has 0 aliphatic rings. The van der Waals surface area contributed by atoms with Crippen LogP contribution in [0.15, 0.2) is 0 Å². The zero-order valence-electron chi connectivity index (χ0n) is 8.65. The fraction of sp³-hybridized carbons (Fsp3) is 0.889. The summed E-state index contributed by atoms with van der Waals surface area (Å²) in [5.41, 5.74) is 0. The summed E-state index contributed by atoms with van der Waals surface area (Å²) in [6.45, 7) is 4.59. The minimum Gasteiger partial charge on any atom is -0.772 e.